The fourth-order valence-corrected chi connectivity index (χ4v) is 4.05. The minimum Gasteiger partial charge on any atom is -0.472 e. The SMILES string of the molecule is O=C(NC1CC1)c1ccc(-c2cnc3c(NCc4ccn[nH]4)nc(-c4ccoc4)cn23)cc1Cl. The Hall–Kier alpha value is -4.11. The summed E-state index contributed by atoms with van der Waals surface area (Å²) in [6.45, 7) is 0.510. The summed E-state index contributed by atoms with van der Waals surface area (Å²) in [5.41, 5.74) is 5.28. The predicted octanol–water partition coefficient (Wildman–Crippen LogP) is 4.54. The van der Waals surface area contributed by atoms with E-state index in [1.807, 2.05) is 28.8 Å². The van der Waals surface area contributed by atoms with E-state index in [1.54, 1.807) is 37.1 Å². The van der Waals surface area contributed by atoms with Gasteiger partial charge in [0.25, 0.3) is 5.91 Å². The van der Waals surface area contributed by atoms with Gasteiger partial charge in [0.1, 0.15) is 0 Å². The summed E-state index contributed by atoms with van der Waals surface area (Å²) in [7, 11) is 0. The largest absolute Gasteiger partial charge is 0.472 e. The Labute approximate surface area is 199 Å². The molecule has 5 aromatic rings. The van der Waals surface area contributed by atoms with Crippen molar-refractivity contribution in [3.05, 3.63) is 77.7 Å². The van der Waals surface area contributed by atoms with Crippen molar-refractivity contribution in [2.24, 2.45) is 0 Å². The summed E-state index contributed by atoms with van der Waals surface area (Å²) < 4.78 is 7.22. The van der Waals surface area contributed by atoms with Gasteiger partial charge in [-0.3, -0.25) is 14.3 Å². The van der Waals surface area contributed by atoms with E-state index in [4.69, 9.17) is 21.0 Å². The lowest BCUT2D eigenvalue weighted by atomic mass is 10.1. The number of anilines is 1. The highest BCUT2D eigenvalue weighted by atomic mass is 35.5. The van der Waals surface area contributed by atoms with Crippen molar-refractivity contribution in [2.75, 3.05) is 5.32 Å². The number of nitrogens with zero attached hydrogens (tertiary/aromatic N) is 4. The van der Waals surface area contributed by atoms with Crippen molar-refractivity contribution >= 4 is 29.0 Å². The highest BCUT2D eigenvalue weighted by molar-refractivity contribution is 6.34. The van der Waals surface area contributed by atoms with Crippen LogP contribution in [-0.4, -0.2) is 36.5 Å². The zero-order chi connectivity index (χ0) is 23.1. The van der Waals surface area contributed by atoms with Crippen molar-refractivity contribution in [2.45, 2.75) is 25.4 Å². The second-order valence-corrected chi connectivity index (χ2v) is 8.61. The molecule has 34 heavy (non-hydrogen) atoms. The van der Waals surface area contributed by atoms with Gasteiger partial charge < -0.3 is 15.1 Å². The molecule has 10 heteroatoms. The van der Waals surface area contributed by atoms with E-state index in [9.17, 15) is 4.79 Å². The Morgan fingerprint density at radius 1 is 1.24 bits per heavy atom. The Bertz CT molecular complexity index is 1470. The number of rotatable bonds is 7. The number of amides is 1. The van der Waals surface area contributed by atoms with Crippen LogP contribution in [0.15, 0.2) is 65.9 Å². The monoisotopic (exact) mass is 473 g/mol. The fraction of sp³-hybridized carbons (Fsp3) is 0.167. The first-order valence-corrected chi connectivity index (χ1v) is 11.3. The summed E-state index contributed by atoms with van der Waals surface area (Å²) in [6, 6.07) is 9.44. The van der Waals surface area contributed by atoms with E-state index in [0.717, 1.165) is 41.1 Å². The van der Waals surface area contributed by atoms with Gasteiger partial charge in [0, 0.05) is 29.6 Å². The average Bonchev–Trinajstić information content (AvgIpc) is 3.28. The van der Waals surface area contributed by atoms with Crippen LogP contribution in [0, 0.1) is 0 Å². The van der Waals surface area contributed by atoms with Crippen LogP contribution in [0.3, 0.4) is 0 Å². The predicted molar refractivity (Wildman–Crippen MR) is 128 cm³/mol. The maximum atomic E-state index is 12.5. The zero-order valence-electron chi connectivity index (χ0n) is 18.0. The first kappa shape index (κ1) is 20.5. The summed E-state index contributed by atoms with van der Waals surface area (Å²) in [6.07, 6.45) is 10.7. The average molecular weight is 474 g/mol. The topological polar surface area (TPSA) is 113 Å². The van der Waals surface area contributed by atoms with Crippen LogP contribution in [0.5, 0.6) is 0 Å². The van der Waals surface area contributed by atoms with Gasteiger partial charge in [-0.05, 0) is 37.1 Å². The highest BCUT2D eigenvalue weighted by Gasteiger charge is 2.25. The summed E-state index contributed by atoms with van der Waals surface area (Å²) in [4.78, 5) is 21.9. The molecule has 0 spiro atoms. The van der Waals surface area contributed by atoms with Crippen LogP contribution < -0.4 is 10.6 Å². The molecule has 0 atom stereocenters. The standard InChI is InChI=1S/C24H20ClN7O2/c25-19-9-14(1-4-18(19)24(33)29-16-2-3-16)21-11-27-23-22(26-10-17-5-7-28-31-17)30-20(12-32(21)23)15-6-8-34-13-15/h1,4-9,11-13,16H,2-3,10H2,(H,26,30)(H,28,31)(H,29,33). The third-order valence-corrected chi connectivity index (χ3v) is 6.05. The molecule has 1 saturated carbocycles. The first-order valence-electron chi connectivity index (χ1n) is 10.9. The van der Waals surface area contributed by atoms with Gasteiger partial charge in [-0.1, -0.05) is 17.7 Å². The molecule has 0 aliphatic heterocycles. The minimum absolute atomic E-state index is 0.145. The normalized spacial score (nSPS) is 13.3. The molecule has 4 heterocycles. The number of carbonyl (C=O) groups excluding carboxylic acids is 1. The number of H-pyrrole nitrogens is 1. The molecule has 3 N–H and O–H groups in total. The number of fused-ring (bicyclic) bond motifs is 1. The maximum Gasteiger partial charge on any atom is 0.253 e. The lowest BCUT2D eigenvalue weighted by Gasteiger charge is -2.11. The zero-order valence-corrected chi connectivity index (χ0v) is 18.7. The third kappa shape index (κ3) is 3.90. The van der Waals surface area contributed by atoms with E-state index in [0.29, 0.717) is 28.6 Å². The first-order chi connectivity index (χ1) is 16.7. The van der Waals surface area contributed by atoms with E-state index < -0.39 is 0 Å². The molecular formula is C24H20ClN7O2. The van der Waals surface area contributed by atoms with Gasteiger partial charge in [-0.25, -0.2) is 9.97 Å². The van der Waals surface area contributed by atoms with Gasteiger partial charge in [0.15, 0.2) is 11.5 Å². The molecular weight excluding hydrogens is 454 g/mol. The van der Waals surface area contributed by atoms with Crippen molar-refractivity contribution < 1.29 is 9.21 Å². The number of carbonyl (C=O) groups is 1. The van der Waals surface area contributed by atoms with Crippen molar-refractivity contribution in [1.82, 2.24) is 29.9 Å². The molecule has 9 nitrogen and oxygen atoms in total. The van der Waals surface area contributed by atoms with Crippen LogP contribution in [-0.2, 0) is 6.54 Å². The van der Waals surface area contributed by atoms with Gasteiger partial charge in [0.05, 0.1) is 52.9 Å². The molecule has 0 radical (unpaired) electrons. The maximum absolute atomic E-state index is 12.5. The Morgan fingerprint density at radius 2 is 2.15 bits per heavy atom. The molecule has 170 valence electrons. The molecule has 1 aliphatic rings. The molecule has 1 aromatic carbocycles. The number of benzene rings is 1. The molecule has 4 aromatic heterocycles. The number of aromatic nitrogens is 5. The highest BCUT2D eigenvalue weighted by Crippen LogP contribution is 2.31. The van der Waals surface area contributed by atoms with E-state index in [1.165, 1.54) is 0 Å². The van der Waals surface area contributed by atoms with E-state index in [-0.39, 0.29) is 11.9 Å². The Kier molecular flexibility index (Phi) is 5.03. The molecule has 1 fully saturated rings. The Morgan fingerprint density at radius 3 is 2.88 bits per heavy atom. The van der Waals surface area contributed by atoms with Crippen molar-refractivity contribution in [3.8, 4) is 22.5 Å². The number of furan rings is 1. The number of aromatic amines is 1. The van der Waals surface area contributed by atoms with E-state index >= 15 is 0 Å². The smallest absolute Gasteiger partial charge is 0.253 e. The molecule has 0 unspecified atom stereocenters. The lowest BCUT2D eigenvalue weighted by molar-refractivity contribution is 0.0951. The van der Waals surface area contributed by atoms with Crippen LogP contribution in [0.2, 0.25) is 5.02 Å². The molecule has 0 saturated heterocycles. The summed E-state index contributed by atoms with van der Waals surface area (Å²) in [5, 5.41) is 13.6. The second kappa shape index (κ2) is 8.35. The fourth-order valence-electron chi connectivity index (χ4n) is 3.78. The summed E-state index contributed by atoms with van der Waals surface area (Å²) >= 11 is 6.51. The number of nitrogens with one attached hydrogen (secondary N) is 3. The number of hydrogen-bond acceptors (Lipinski definition) is 6. The third-order valence-electron chi connectivity index (χ3n) is 5.74. The molecule has 1 aliphatic carbocycles. The van der Waals surface area contributed by atoms with Gasteiger partial charge in [-0.15, -0.1) is 0 Å². The minimum atomic E-state index is -0.145. The second-order valence-electron chi connectivity index (χ2n) is 8.20. The van der Waals surface area contributed by atoms with Crippen molar-refractivity contribution in [3.63, 3.8) is 0 Å². The van der Waals surface area contributed by atoms with Gasteiger partial charge in [-0.2, -0.15) is 5.10 Å². The number of imidazole rings is 1. The number of halogens is 1. The van der Waals surface area contributed by atoms with Crippen LogP contribution in [0.1, 0.15) is 28.9 Å². The van der Waals surface area contributed by atoms with Crippen LogP contribution in [0.4, 0.5) is 5.82 Å². The molecule has 6 rings (SSSR count). The van der Waals surface area contributed by atoms with Gasteiger partial charge >= 0.3 is 0 Å². The molecule has 0 bridgehead atoms. The Balaban J connectivity index is 1.40. The lowest BCUT2D eigenvalue weighted by Crippen LogP contribution is -2.25. The van der Waals surface area contributed by atoms with Crippen molar-refractivity contribution in [1.29, 1.82) is 0 Å². The van der Waals surface area contributed by atoms with Gasteiger partial charge in [0.2, 0.25) is 0 Å². The summed E-state index contributed by atoms with van der Waals surface area (Å²) in [5.74, 6) is 0.472. The quantitative estimate of drug-likeness (QED) is 0.320. The number of hydrogen-bond donors (Lipinski definition) is 3. The van der Waals surface area contributed by atoms with Crippen LogP contribution in [0.25, 0.3) is 28.2 Å². The van der Waals surface area contributed by atoms with E-state index in [2.05, 4.69) is 25.8 Å². The van der Waals surface area contributed by atoms with Crippen LogP contribution >= 0.6 is 11.6 Å². The molecule has 1 amide bonds.